The van der Waals surface area contributed by atoms with E-state index in [4.69, 9.17) is 10.9 Å². The van der Waals surface area contributed by atoms with Crippen LogP contribution in [-0.2, 0) is 17.9 Å². The molecule has 2 heterocycles. The van der Waals surface area contributed by atoms with Crippen molar-refractivity contribution in [1.82, 2.24) is 14.5 Å². The molecule has 3 N–H and O–H groups in total. The van der Waals surface area contributed by atoms with E-state index in [2.05, 4.69) is 14.7 Å². The smallest absolute Gasteiger partial charge is 0.236 e. The summed E-state index contributed by atoms with van der Waals surface area (Å²) < 4.78 is 2.05. The Kier molecular flexibility index (Phi) is 3.11. The second-order valence-electron chi connectivity index (χ2n) is 5.54. The van der Waals surface area contributed by atoms with Crippen LogP contribution in [-0.4, -0.2) is 37.9 Å². The molecule has 0 aromatic carbocycles. The molecule has 0 atom stereocenters. The van der Waals surface area contributed by atoms with Crippen LogP contribution in [0.4, 0.5) is 0 Å². The van der Waals surface area contributed by atoms with Gasteiger partial charge >= 0.3 is 0 Å². The van der Waals surface area contributed by atoms with Crippen molar-refractivity contribution in [3.63, 3.8) is 0 Å². The Morgan fingerprint density at radius 2 is 2.15 bits per heavy atom. The van der Waals surface area contributed by atoms with E-state index in [-0.39, 0.29) is 11.7 Å². The minimum absolute atomic E-state index is 0.0282. The molecule has 1 amide bonds. The van der Waals surface area contributed by atoms with Gasteiger partial charge in [-0.25, -0.2) is 4.98 Å². The van der Waals surface area contributed by atoms with E-state index in [0.29, 0.717) is 25.9 Å². The van der Waals surface area contributed by atoms with Crippen LogP contribution in [0.3, 0.4) is 0 Å². The van der Waals surface area contributed by atoms with Gasteiger partial charge in [-0.1, -0.05) is 18.0 Å². The van der Waals surface area contributed by atoms with Gasteiger partial charge in [0.2, 0.25) is 5.91 Å². The van der Waals surface area contributed by atoms with Crippen molar-refractivity contribution in [2.45, 2.75) is 38.8 Å². The van der Waals surface area contributed by atoms with Crippen molar-refractivity contribution in [1.29, 1.82) is 0 Å². The lowest BCUT2D eigenvalue weighted by atomic mass is 9.83. The lowest BCUT2D eigenvalue weighted by Crippen LogP contribution is -2.51. The highest BCUT2D eigenvalue weighted by Crippen LogP contribution is 2.40. The highest BCUT2D eigenvalue weighted by molar-refractivity contribution is 6.07. The third kappa shape index (κ3) is 1.85. The Morgan fingerprint density at radius 1 is 1.40 bits per heavy atom. The zero-order chi connectivity index (χ0) is 14.2. The summed E-state index contributed by atoms with van der Waals surface area (Å²) in [6.07, 6.45) is 6.86. The molecular formula is C13H19N5O2. The lowest BCUT2D eigenvalue weighted by molar-refractivity contribution is -0.139. The Bertz CT molecular complexity index is 545. The fourth-order valence-electron chi connectivity index (χ4n) is 3.30. The summed E-state index contributed by atoms with van der Waals surface area (Å²) in [7, 11) is 0. The summed E-state index contributed by atoms with van der Waals surface area (Å²) in [5.41, 5.74) is 5.01. The number of oxime groups is 1. The van der Waals surface area contributed by atoms with Gasteiger partial charge in [0.05, 0.1) is 6.54 Å². The molecular weight excluding hydrogens is 258 g/mol. The summed E-state index contributed by atoms with van der Waals surface area (Å²) in [4.78, 5) is 18.9. The van der Waals surface area contributed by atoms with Crippen molar-refractivity contribution < 1.29 is 10.0 Å². The van der Waals surface area contributed by atoms with Crippen molar-refractivity contribution >= 4 is 11.7 Å². The third-order valence-electron chi connectivity index (χ3n) is 4.50. The first-order valence-corrected chi connectivity index (χ1v) is 6.95. The summed E-state index contributed by atoms with van der Waals surface area (Å²) in [5, 5.41) is 12.1. The molecule has 1 saturated carbocycles. The Morgan fingerprint density at radius 3 is 2.85 bits per heavy atom. The normalized spacial score (nSPS) is 21.8. The average molecular weight is 277 g/mol. The van der Waals surface area contributed by atoms with Gasteiger partial charge in [0, 0.05) is 25.5 Å². The molecule has 1 aromatic rings. The van der Waals surface area contributed by atoms with Gasteiger partial charge in [-0.15, -0.1) is 0 Å². The molecule has 1 fully saturated rings. The molecule has 7 heteroatoms. The zero-order valence-electron chi connectivity index (χ0n) is 11.3. The zero-order valence-corrected chi connectivity index (χ0v) is 11.3. The van der Waals surface area contributed by atoms with E-state index in [1.807, 2.05) is 6.20 Å². The van der Waals surface area contributed by atoms with Crippen LogP contribution in [0.1, 0.15) is 31.5 Å². The van der Waals surface area contributed by atoms with Gasteiger partial charge in [0.1, 0.15) is 11.2 Å². The number of nitrogens with two attached hydrogens (primary N) is 1. The summed E-state index contributed by atoms with van der Waals surface area (Å²) in [6, 6.07) is 0. The van der Waals surface area contributed by atoms with Crippen LogP contribution >= 0.6 is 0 Å². The first kappa shape index (κ1) is 13.0. The van der Waals surface area contributed by atoms with Crippen LogP contribution in [0.5, 0.6) is 0 Å². The lowest BCUT2D eigenvalue weighted by Gasteiger charge is -2.35. The van der Waals surface area contributed by atoms with Gasteiger partial charge in [0.15, 0.2) is 5.84 Å². The predicted molar refractivity (Wildman–Crippen MR) is 72.0 cm³/mol. The fraction of sp³-hybridized carbons (Fsp3) is 0.615. The van der Waals surface area contributed by atoms with Gasteiger partial charge in [-0.05, 0) is 12.8 Å². The molecule has 0 radical (unpaired) electrons. The number of carbonyl (C=O) groups excluding carboxylic acids is 1. The van der Waals surface area contributed by atoms with Crippen molar-refractivity contribution in [2.75, 3.05) is 6.54 Å². The molecule has 0 saturated heterocycles. The number of rotatable bonds is 2. The van der Waals surface area contributed by atoms with Gasteiger partial charge in [0.25, 0.3) is 0 Å². The van der Waals surface area contributed by atoms with Crippen LogP contribution in [0.2, 0.25) is 0 Å². The van der Waals surface area contributed by atoms with Crippen molar-refractivity contribution in [3.05, 3.63) is 18.2 Å². The molecule has 2 aliphatic rings. The molecule has 0 unspecified atom stereocenters. The second kappa shape index (κ2) is 4.81. The summed E-state index contributed by atoms with van der Waals surface area (Å²) in [6.45, 7) is 1.88. The highest BCUT2D eigenvalue weighted by atomic mass is 16.4. The van der Waals surface area contributed by atoms with E-state index in [1.54, 1.807) is 11.1 Å². The van der Waals surface area contributed by atoms with E-state index in [0.717, 1.165) is 25.2 Å². The highest BCUT2D eigenvalue weighted by Gasteiger charge is 2.48. The molecule has 108 valence electrons. The number of hydrogen-bond acceptors (Lipinski definition) is 4. The Labute approximate surface area is 117 Å². The molecule has 0 bridgehead atoms. The van der Waals surface area contributed by atoms with Crippen LogP contribution in [0.25, 0.3) is 0 Å². The quantitative estimate of drug-likeness (QED) is 0.357. The van der Waals surface area contributed by atoms with E-state index in [1.165, 1.54) is 0 Å². The van der Waals surface area contributed by atoms with Crippen LogP contribution < -0.4 is 5.73 Å². The minimum atomic E-state index is -0.816. The largest absolute Gasteiger partial charge is 0.409 e. The average Bonchev–Trinajstić information content (AvgIpc) is 3.14. The second-order valence-corrected chi connectivity index (χ2v) is 5.54. The standard InChI is InChI=1S/C13H19N5O2/c14-11(16-20)13(3-1-2-4-13)12(19)18-8-7-17-6-5-15-10(17)9-18/h5-6,20H,1-4,7-9H2,(H2,14,16). The first-order chi connectivity index (χ1) is 9.67. The predicted octanol–water partition coefficient (Wildman–Crippen LogP) is 0.532. The Hall–Kier alpha value is -2.05. The molecule has 7 nitrogen and oxygen atoms in total. The van der Waals surface area contributed by atoms with Crippen LogP contribution in [0, 0.1) is 5.41 Å². The molecule has 1 aliphatic carbocycles. The van der Waals surface area contributed by atoms with Gasteiger partial charge < -0.3 is 20.4 Å². The fourth-order valence-corrected chi connectivity index (χ4v) is 3.30. The summed E-state index contributed by atoms with van der Waals surface area (Å²) in [5.74, 6) is 0.908. The van der Waals surface area contributed by atoms with Gasteiger partial charge in [-0.2, -0.15) is 0 Å². The number of carbonyl (C=O) groups is 1. The van der Waals surface area contributed by atoms with E-state index < -0.39 is 5.41 Å². The number of hydrogen-bond donors (Lipinski definition) is 2. The molecule has 1 aliphatic heterocycles. The third-order valence-corrected chi connectivity index (χ3v) is 4.50. The number of nitrogens with zero attached hydrogens (tertiary/aromatic N) is 4. The minimum Gasteiger partial charge on any atom is -0.409 e. The molecule has 0 spiro atoms. The molecule has 3 rings (SSSR count). The van der Waals surface area contributed by atoms with E-state index in [9.17, 15) is 4.79 Å². The maximum atomic E-state index is 12.9. The number of aromatic nitrogens is 2. The topological polar surface area (TPSA) is 96.7 Å². The SMILES string of the molecule is NC(=NO)C1(C(=O)N2CCn3ccnc3C2)CCCC1. The first-order valence-electron chi connectivity index (χ1n) is 6.95. The molecule has 20 heavy (non-hydrogen) atoms. The molecule has 1 aromatic heterocycles. The number of imidazole rings is 1. The monoisotopic (exact) mass is 277 g/mol. The Balaban J connectivity index is 1.85. The van der Waals surface area contributed by atoms with Crippen LogP contribution in [0.15, 0.2) is 17.5 Å². The van der Waals surface area contributed by atoms with Gasteiger partial charge in [-0.3, -0.25) is 4.79 Å². The van der Waals surface area contributed by atoms with E-state index >= 15 is 0 Å². The number of fused-ring (bicyclic) bond motifs is 1. The maximum Gasteiger partial charge on any atom is 0.236 e. The maximum absolute atomic E-state index is 12.9. The number of amidine groups is 1. The number of amides is 1. The summed E-state index contributed by atoms with van der Waals surface area (Å²) >= 11 is 0. The van der Waals surface area contributed by atoms with Crippen molar-refractivity contribution in [2.24, 2.45) is 16.3 Å². The van der Waals surface area contributed by atoms with Crippen molar-refractivity contribution in [3.8, 4) is 0 Å².